The first-order chi connectivity index (χ1) is 9.01. The molecule has 0 aliphatic heterocycles. The van der Waals surface area contributed by atoms with Crippen molar-refractivity contribution in [1.29, 1.82) is 0 Å². The van der Waals surface area contributed by atoms with Crippen LogP contribution in [-0.4, -0.2) is 17.8 Å². The van der Waals surface area contributed by atoms with Gasteiger partial charge in [0.1, 0.15) is 0 Å². The van der Waals surface area contributed by atoms with Gasteiger partial charge in [0.25, 0.3) is 0 Å². The van der Waals surface area contributed by atoms with Crippen molar-refractivity contribution in [2.24, 2.45) is 5.92 Å². The Morgan fingerprint density at radius 1 is 1.32 bits per heavy atom. The van der Waals surface area contributed by atoms with E-state index in [1.54, 1.807) is 0 Å². The van der Waals surface area contributed by atoms with E-state index in [1.165, 1.54) is 5.56 Å². The molecule has 3 heteroatoms. The van der Waals surface area contributed by atoms with Crippen molar-refractivity contribution in [3.63, 3.8) is 0 Å². The summed E-state index contributed by atoms with van der Waals surface area (Å²) in [4.78, 5) is 0. The lowest BCUT2D eigenvalue weighted by molar-refractivity contribution is -0.0380. The predicted octanol–water partition coefficient (Wildman–Crippen LogP) is 4.30. The van der Waals surface area contributed by atoms with Crippen LogP contribution < -0.4 is 0 Å². The maximum Gasteiger partial charge on any atom is 0.0795 e. The van der Waals surface area contributed by atoms with Gasteiger partial charge in [-0.05, 0) is 68.7 Å². The standard InChI is InChI=1S/C16H23BrO2/c1-4-19-13-7-12(8-13)9-16(18)14-5-11(3)15(17)6-10(14)2/h5-6,12-13,16,18H,4,7-9H2,1-3H3. The van der Waals surface area contributed by atoms with Gasteiger partial charge in [-0.1, -0.05) is 22.0 Å². The lowest BCUT2D eigenvalue weighted by Gasteiger charge is -2.36. The maximum absolute atomic E-state index is 10.4. The maximum atomic E-state index is 10.4. The van der Waals surface area contributed by atoms with Gasteiger partial charge < -0.3 is 9.84 Å². The van der Waals surface area contributed by atoms with Crippen LogP contribution in [0.15, 0.2) is 16.6 Å². The van der Waals surface area contributed by atoms with E-state index in [4.69, 9.17) is 4.74 Å². The highest BCUT2D eigenvalue weighted by Gasteiger charge is 2.31. The van der Waals surface area contributed by atoms with Gasteiger partial charge in [-0.25, -0.2) is 0 Å². The molecule has 2 nitrogen and oxygen atoms in total. The fourth-order valence-corrected chi connectivity index (χ4v) is 3.30. The van der Waals surface area contributed by atoms with E-state index >= 15 is 0 Å². The van der Waals surface area contributed by atoms with Gasteiger partial charge in [0.2, 0.25) is 0 Å². The van der Waals surface area contributed by atoms with E-state index in [1.807, 2.05) is 6.92 Å². The molecule has 0 bridgehead atoms. The topological polar surface area (TPSA) is 29.5 Å². The summed E-state index contributed by atoms with van der Waals surface area (Å²) in [7, 11) is 0. The van der Waals surface area contributed by atoms with E-state index in [2.05, 4.69) is 41.9 Å². The Labute approximate surface area is 124 Å². The Hall–Kier alpha value is -0.380. The van der Waals surface area contributed by atoms with Gasteiger partial charge in [-0.3, -0.25) is 0 Å². The second-order valence-corrected chi connectivity index (χ2v) is 6.48. The van der Waals surface area contributed by atoms with Gasteiger partial charge in [0, 0.05) is 11.1 Å². The largest absolute Gasteiger partial charge is 0.388 e. The third-order valence-electron chi connectivity index (χ3n) is 4.06. The lowest BCUT2D eigenvalue weighted by atomic mass is 9.77. The van der Waals surface area contributed by atoms with E-state index in [9.17, 15) is 5.11 Å². The summed E-state index contributed by atoms with van der Waals surface area (Å²) in [6.45, 7) is 6.96. The van der Waals surface area contributed by atoms with Crippen LogP contribution in [0.3, 0.4) is 0 Å². The molecule has 19 heavy (non-hydrogen) atoms. The number of aliphatic hydroxyl groups is 1. The summed E-state index contributed by atoms with van der Waals surface area (Å²) in [6.07, 6.45) is 3.12. The number of halogens is 1. The van der Waals surface area contributed by atoms with Crippen molar-refractivity contribution in [2.45, 2.75) is 52.2 Å². The second-order valence-electron chi connectivity index (χ2n) is 5.62. The molecule has 0 spiro atoms. The average molecular weight is 327 g/mol. The van der Waals surface area contributed by atoms with Crippen LogP contribution in [0.2, 0.25) is 0 Å². The van der Waals surface area contributed by atoms with Crippen LogP contribution in [0.4, 0.5) is 0 Å². The summed E-state index contributed by atoms with van der Waals surface area (Å²) in [5.74, 6) is 0.606. The molecule has 0 saturated heterocycles. The SMILES string of the molecule is CCOC1CC(CC(O)c2cc(C)c(Br)cc2C)C1. The lowest BCUT2D eigenvalue weighted by Crippen LogP contribution is -2.32. The minimum Gasteiger partial charge on any atom is -0.388 e. The normalized spacial score (nSPS) is 24.1. The molecule has 1 aliphatic carbocycles. The first kappa shape index (κ1) is 15.0. The molecule has 1 aliphatic rings. The predicted molar refractivity (Wildman–Crippen MR) is 81.3 cm³/mol. The van der Waals surface area contributed by atoms with Gasteiger partial charge in [0.05, 0.1) is 12.2 Å². The van der Waals surface area contributed by atoms with E-state index in [0.29, 0.717) is 12.0 Å². The van der Waals surface area contributed by atoms with E-state index in [0.717, 1.165) is 41.5 Å². The summed E-state index contributed by atoms with van der Waals surface area (Å²) in [5, 5.41) is 10.4. The van der Waals surface area contributed by atoms with Crippen LogP contribution in [0.1, 0.15) is 49.0 Å². The molecule has 2 rings (SSSR count). The highest BCUT2D eigenvalue weighted by Crippen LogP contribution is 2.38. The first-order valence-corrected chi connectivity index (χ1v) is 7.86. The molecule has 1 N–H and O–H groups in total. The monoisotopic (exact) mass is 326 g/mol. The molecule has 0 aromatic heterocycles. The third-order valence-corrected chi connectivity index (χ3v) is 4.91. The summed E-state index contributed by atoms with van der Waals surface area (Å²) in [5.41, 5.74) is 3.41. The number of aryl methyl sites for hydroxylation is 2. The van der Waals surface area contributed by atoms with Crippen molar-refractivity contribution in [3.05, 3.63) is 33.3 Å². The van der Waals surface area contributed by atoms with Gasteiger partial charge in [-0.15, -0.1) is 0 Å². The molecular formula is C16H23BrO2. The number of benzene rings is 1. The molecule has 1 fully saturated rings. The molecular weight excluding hydrogens is 304 g/mol. The van der Waals surface area contributed by atoms with Crippen molar-refractivity contribution in [2.75, 3.05) is 6.61 Å². The van der Waals surface area contributed by atoms with Crippen LogP contribution >= 0.6 is 15.9 Å². The minimum atomic E-state index is -0.348. The van der Waals surface area contributed by atoms with Gasteiger partial charge in [0.15, 0.2) is 0 Å². The van der Waals surface area contributed by atoms with Crippen molar-refractivity contribution >= 4 is 15.9 Å². The van der Waals surface area contributed by atoms with Gasteiger partial charge in [-0.2, -0.15) is 0 Å². The van der Waals surface area contributed by atoms with E-state index < -0.39 is 0 Å². The molecule has 1 saturated carbocycles. The van der Waals surface area contributed by atoms with Crippen LogP contribution in [0.25, 0.3) is 0 Å². The number of ether oxygens (including phenoxy) is 1. The van der Waals surface area contributed by atoms with Crippen molar-refractivity contribution in [1.82, 2.24) is 0 Å². The Balaban J connectivity index is 1.94. The van der Waals surface area contributed by atoms with E-state index in [-0.39, 0.29) is 6.10 Å². The smallest absolute Gasteiger partial charge is 0.0795 e. The summed E-state index contributed by atoms with van der Waals surface area (Å²) >= 11 is 3.53. The average Bonchev–Trinajstić information content (AvgIpc) is 2.31. The Morgan fingerprint density at radius 2 is 2.00 bits per heavy atom. The van der Waals surface area contributed by atoms with Crippen LogP contribution in [0, 0.1) is 19.8 Å². The molecule has 0 amide bonds. The third kappa shape index (κ3) is 3.59. The zero-order valence-electron chi connectivity index (χ0n) is 11.9. The highest BCUT2D eigenvalue weighted by atomic mass is 79.9. The molecule has 0 radical (unpaired) electrons. The minimum absolute atomic E-state index is 0.348. The fourth-order valence-electron chi connectivity index (χ4n) is 2.84. The zero-order chi connectivity index (χ0) is 14.0. The number of rotatable bonds is 5. The Morgan fingerprint density at radius 3 is 2.63 bits per heavy atom. The molecule has 0 heterocycles. The van der Waals surface area contributed by atoms with Crippen LogP contribution in [-0.2, 0) is 4.74 Å². The molecule has 1 aromatic carbocycles. The highest BCUT2D eigenvalue weighted by molar-refractivity contribution is 9.10. The summed E-state index contributed by atoms with van der Waals surface area (Å²) in [6, 6.07) is 4.19. The first-order valence-electron chi connectivity index (χ1n) is 7.07. The second kappa shape index (κ2) is 6.38. The van der Waals surface area contributed by atoms with Crippen molar-refractivity contribution in [3.8, 4) is 0 Å². The zero-order valence-corrected chi connectivity index (χ0v) is 13.5. The van der Waals surface area contributed by atoms with Crippen molar-refractivity contribution < 1.29 is 9.84 Å². The Kier molecular flexibility index (Phi) is 5.04. The molecule has 1 atom stereocenters. The van der Waals surface area contributed by atoms with Gasteiger partial charge >= 0.3 is 0 Å². The number of hydrogen-bond donors (Lipinski definition) is 1. The molecule has 106 valence electrons. The fraction of sp³-hybridized carbons (Fsp3) is 0.625. The molecule has 1 unspecified atom stereocenters. The Bertz CT molecular complexity index is 439. The van der Waals surface area contributed by atoms with Crippen LogP contribution in [0.5, 0.6) is 0 Å². The number of hydrogen-bond acceptors (Lipinski definition) is 2. The molecule has 1 aromatic rings. The summed E-state index contributed by atoms with van der Waals surface area (Å²) < 4.78 is 6.68. The quantitative estimate of drug-likeness (QED) is 0.873. The number of aliphatic hydroxyl groups excluding tert-OH is 1.